The Kier molecular flexibility index (Phi) is 7.99. The fourth-order valence-corrected chi connectivity index (χ4v) is 0.685. The van der Waals surface area contributed by atoms with Gasteiger partial charge in [0.05, 0.1) is 11.4 Å². The van der Waals surface area contributed by atoms with Gasteiger partial charge in [-0.3, -0.25) is 0 Å². The van der Waals surface area contributed by atoms with Gasteiger partial charge in [0.15, 0.2) is 0 Å². The van der Waals surface area contributed by atoms with Crippen LogP contribution in [0.2, 0.25) is 0 Å². The molecular formula is C6H12Cl2O2. The van der Waals surface area contributed by atoms with Gasteiger partial charge in [-0.05, 0) is 12.8 Å². The first-order valence-corrected chi connectivity index (χ1v) is 4.26. The number of ether oxygens (including phenoxy) is 1. The van der Waals surface area contributed by atoms with Crippen LogP contribution >= 0.6 is 23.2 Å². The molecule has 0 spiro atoms. The Hall–Kier alpha value is 0.500. The minimum Gasteiger partial charge on any atom is -0.393 e. The summed E-state index contributed by atoms with van der Waals surface area (Å²) in [6, 6.07) is 0. The van der Waals surface area contributed by atoms with Crippen molar-refractivity contribution in [3.05, 3.63) is 0 Å². The summed E-state index contributed by atoms with van der Waals surface area (Å²) in [7, 11) is 0. The van der Waals surface area contributed by atoms with E-state index in [1.807, 2.05) is 0 Å². The van der Waals surface area contributed by atoms with E-state index in [0.29, 0.717) is 0 Å². The molecule has 0 aromatic carbocycles. The highest BCUT2D eigenvalue weighted by Gasteiger charge is 2.07. The summed E-state index contributed by atoms with van der Waals surface area (Å²) >= 11 is 9.53. The van der Waals surface area contributed by atoms with E-state index in [0.717, 1.165) is 26.1 Å². The Morgan fingerprint density at radius 1 is 1.30 bits per heavy atom. The third-order valence-corrected chi connectivity index (χ3v) is 1.19. The van der Waals surface area contributed by atoms with E-state index in [1.165, 1.54) is 0 Å². The topological polar surface area (TPSA) is 29.5 Å². The molecule has 1 fully saturated rings. The molecule has 1 N–H and O–H groups in total. The van der Waals surface area contributed by atoms with Gasteiger partial charge in [-0.2, -0.15) is 0 Å². The molecule has 1 aliphatic heterocycles. The first kappa shape index (κ1) is 10.5. The van der Waals surface area contributed by atoms with Crippen molar-refractivity contribution < 1.29 is 9.84 Å². The summed E-state index contributed by atoms with van der Waals surface area (Å²) in [5.74, 6) is 0. The molecule has 1 saturated heterocycles. The largest absolute Gasteiger partial charge is 0.393 e. The van der Waals surface area contributed by atoms with Crippen LogP contribution in [0.4, 0.5) is 0 Å². The number of rotatable bonds is 0. The van der Waals surface area contributed by atoms with Gasteiger partial charge in [0, 0.05) is 13.2 Å². The van der Waals surface area contributed by atoms with Gasteiger partial charge in [-0.1, -0.05) is 0 Å². The number of hydrogen-bond acceptors (Lipinski definition) is 2. The van der Waals surface area contributed by atoms with E-state index in [9.17, 15) is 0 Å². The van der Waals surface area contributed by atoms with Crippen LogP contribution in [0, 0.1) is 0 Å². The molecule has 1 aliphatic rings. The lowest BCUT2D eigenvalue weighted by molar-refractivity contribution is 0.0140. The van der Waals surface area contributed by atoms with Crippen molar-refractivity contribution in [1.82, 2.24) is 0 Å². The second-order valence-corrected chi connectivity index (χ2v) is 2.75. The van der Waals surface area contributed by atoms with Crippen LogP contribution in [0.3, 0.4) is 0 Å². The molecule has 0 unspecified atom stereocenters. The fraction of sp³-hybridized carbons (Fsp3) is 1.00. The lowest BCUT2D eigenvalue weighted by atomic mass is 10.2. The van der Waals surface area contributed by atoms with Crippen molar-refractivity contribution >= 4 is 23.2 Å². The van der Waals surface area contributed by atoms with Gasteiger partial charge in [0.2, 0.25) is 0 Å². The van der Waals surface area contributed by atoms with E-state index in [-0.39, 0.29) is 11.4 Å². The second-order valence-electron chi connectivity index (χ2n) is 1.94. The summed E-state index contributed by atoms with van der Waals surface area (Å²) in [6.07, 6.45) is 1.55. The number of alkyl halides is 2. The third-order valence-electron chi connectivity index (χ3n) is 1.19. The van der Waals surface area contributed by atoms with Gasteiger partial charge in [-0.25, -0.2) is 0 Å². The smallest absolute Gasteiger partial charge is 0.0967 e. The predicted octanol–water partition coefficient (Wildman–Crippen LogP) is 1.58. The average Bonchev–Trinajstić information content (AvgIpc) is 1.91. The number of hydrogen-bond donors (Lipinski definition) is 1. The monoisotopic (exact) mass is 186 g/mol. The maximum absolute atomic E-state index is 8.83. The minimum absolute atomic E-state index is 0.0891. The molecule has 1 heterocycles. The zero-order valence-corrected chi connectivity index (χ0v) is 7.24. The molecule has 0 saturated carbocycles. The maximum atomic E-state index is 8.83. The summed E-state index contributed by atoms with van der Waals surface area (Å²) < 4.78 is 4.98. The molecule has 2 nitrogen and oxygen atoms in total. The van der Waals surface area contributed by atoms with Crippen molar-refractivity contribution in [2.75, 3.05) is 18.6 Å². The Labute approximate surface area is 71.1 Å². The SMILES string of the molecule is ClCCl.OC1CCOCC1. The fourth-order valence-electron chi connectivity index (χ4n) is 0.685. The van der Waals surface area contributed by atoms with Gasteiger partial charge in [-0.15, -0.1) is 23.2 Å². The molecule has 0 amide bonds. The molecule has 10 heavy (non-hydrogen) atoms. The van der Waals surface area contributed by atoms with E-state index in [2.05, 4.69) is 0 Å². The van der Waals surface area contributed by atoms with Crippen molar-refractivity contribution in [2.24, 2.45) is 0 Å². The highest BCUT2D eigenvalue weighted by atomic mass is 35.5. The summed E-state index contributed by atoms with van der Waals surface area (Å²) in [4.78, 5) is 0. The first-order chi connectivity index (χ1) is 4.81. The normalized spacial score (nSPS) is 19.5. The minimum atomic E-state index is -0.0891. The molecular weight excluding hydrogens is 175 g/mol. The van der Waals surface area contributed by atoms with Crippen molar-refractivity contribution in [2.45, 2.75) is 18.9 Å². The Balaban J connectivity index is 0.000000236. The van der Waals surface area contributed by atoms with Gasteiger partial charge >= 0.3 is 0 Å². The summed E-state index contributed by atoms with van der Waals surface area (Å²) in [6.45, 7) is 1.47. The van der Waals surface area contributed by atoms with Crippen LogP contribution in [-0.4, -0.2) is 29.8 Å². The molecule has 0 atom stereocenters. The number of aliphatic hydroxyl groups excluding tert-OH is 1. The molecule has 0 aromatic rings. The Bertz CT molecular complexity index is 64.8. The zero-order chi connectivity index (χ0) is 7.82. The third kappa shape index (κ3) is 6.62. The molecule has 0 aromatic heterocycles. The average molecular weight is 187 g/mol. The summed E-state index contributed by atoms with van der Waals surface area (Å²) in [5.41, 5.74) is 0. The lowest BCUT2D eigenvalue weighted by Crippen LogP contribution is -2.19. The van der Waals surface area contributed by atoms with Crippen LogP contribution in [0.5, 0.6) is 0 Å². The van der Waals surface area contributed by atoms with Crippen LogP contribution in [0.15, 0.2) is 0 Å². The highest BCUT2D eigenvalue weighted by molar-refractivity contribution is 6.40. The predicted molar refractivity (Wildman–Crippen MR) is 42.6 cm³/mol. The van der Waals surface area contributed by atoms with E-state index in [1.54, 1.807) is 0 Å². The quantitative estimate of drug-likeness (QED) is 0.583. The molecule has 0 radical (unpaired) electrons. The molecule has 62 valence electrons. The molecule has 4 heteroatoms. The van der Waals surface area contributed by atoms with Crippen LogP contribution in [0.1, 0.15) is 12.8 Å². The van der Waals surface area contributed by atoms with Crippen LogP contribution < -0.4 is 0 Å². The highest BCUT2D eigenvalue weighted by Crippen LogP contribution is 2.04. The molecule has 0 bridgehead atoms. The van der Waals surface area contributed by atoms with Gasteiger partial charge in [0.25, 0.3) is 0 Å². The van der Waals surface area contributed by atoms with Crippen molar-refractivity contribution in [3.63, 3.8) is 0 Å². The Morgan fingerprint density at radius 3 is 1.90 bits per heavy atom. The maximum Gasteiger partial charge on any atom is 0.0967 e. The van der Waals surface area contributed by atoms with Crippen molar-refractivity contribution in [1.29, 1.82) is 0 Å². The standard InChI is InChI=1S/C5H10O2.CH2Cl2/c6-5-1-3-7-4-2-5;2-1-3/h5-6H,1-4H2;1H2. The van der Waals surface area contributed by atoms with E-state index >= 15 is 0 Å². The van der Waals surface area contributed by atoms with Gasteiger partial charge in [0.1, 0.15) is 0 Å². The number of aliphatic hydroxyl groups is 1. The lowest BCUT2D eigenvalue weighted by Gasteiger charge is -2.15. The molecule has 0 aliphatic carbocycles. The van der Waals surface area contributed by atoms with E-state index < -0.39 is 0 Å². The van der Waals surface area contributed by atoms with E-state index in [4.69, 9.17) is 33.0 Å². The zero-order valence-electron chi connectivity index (χ0n) is 5.72. The van der Waals surface area contributed by atoms with Gasteiger partial charge < -0.3 is 9.84 Å². The van der Waals surface area contributed by atoms with Crippen LogP contribution in [0.25, 0.3) is 0 Å². The Morgan fingerprint density at radius 2 is 1.70 bits per heavy atom. The first-order valence-electron chi connectivity index (χ1n) is 3.19. The summed E-state index contributed by atoms with van der Waals surface area (Å²) in [5, 5.41) is 9.02. The van der Waals surface area contributed by atoms with Crippen molar-refractivity contribution in [3.8, 4) is 0 Å². The molecule has 1 rings (SSSR count). The second kappa shape index (κ2) is 7.61. The van der Waals surface area contributed by atoms with Crippen LogP contribution in [-0.2, 0) is 4.74 Å². The number of halogens is 2.